The van der Waals surface area contributed by atoms with Gasteiger partial charge in [-0.05, 0) is 38.2 Å². The van der Waals surface area contributed by atoms with Gasteiger partial charge in [0.25, 0.3) is 0 Å². The first-order chi connectivity index (χ1) is 14.0. The zero-order valence-corrected chi connectivity index (χ0v) is 19.7. The highest BCUT2D eigenvalue weighted by Crippen LogP contribution is 2.21. The molecule has 2 aliphatic rings. The molecule has 0 aromatic heterocycles. The molecule has 2 amide bonds. The number of nitrogen functional groups attached to an aromatic ring is 1. The molecule has 3 rings (SSSR count). The normalized spacial score (nSPS) is 19.6. The maximum atomic E-state index is 13.0. The number of halogens is 2. The number of carbonyl (C=O) groups excluding carboxylic acids is 2. The molecule has 0 radical (unpaired) electrons. The third-order valence-electron chi connectivity index (χ3n) is 6.03. The fourth-order valence-corrected chi connectivity index (χ4v) is 4.36. The first-order valence-electron chi connectivity index (χ1n) is 10.7. The standard InChI is InChI=1S/C22H33N5O2.2ClH/c1-15(26-18-6-3-2-4-7-18)22(29)27-13-5-8-19(27)21(28)25-14-16-9-11-17(12-10-16)20(23)24;;/h9-12,15,18-19,26H,2-8,13-14H2,1H3,(H3,23,24)(H,25,28);2*1H/t15-,19+;;/m1../s1. The number of likely N-dealkylation sites (tertiary alicyclic amines) is 1. The van der Waals surface area contributed by atoms with Crippen LogP contribution in [0.4, 0.5) is 0 Å². The second kappa shape index (κ2) is 12.9. The first kappa shape index (κ1) is 27.2. The number of amides is 2. The smallest absolute Gasteiger partial charge is 0.243 e. The highest BCUT2D eigenvalue weighted by Gasteiger charge is 2.36. The van der Waals surface area contributed by atoms with E-state index in [-0.39, 0.29) is 48.5 Å². The maximum absolute atomic E-state index is 13.0. The molecule has 31 heavy (non-hydrogen) atoms. The summed E-state index contributed by atoms with van der Waals surface area (Å²) >= 11 is 0. The second-order valence-electron chi connectivity index (χ2n) is 8.24. The van der Waals surface area contributed by atoms with E-state index in [9.17, 15) is 9.59 Å². The molecule has 1 saturated heterocycles. The summed E-state index contributed by atoms with van der Waals surface area (Å²) in [5, 5.41) is 13.9. The van der Waals surface area contributed by atoms with E-state index in [1.165, 1.54) is 19.3 Å². The van der Waals surface area contributed by atoms with Crippen LogP contribution in [0.15, 0.2) is 24.3 Å². The first-order valence-corrected chi connectivity index (χ1v) is 10.7. The van der Waals surface area contributed by atoms with Gasteiger partial charge in [-0.1, -0.05) is 43.5 Å². The molecule has 0 spiro atoms. The van der Waals surface area contributed by atoms with Gasteiger partial charge in [0.15, 0.2) is 0 Å². The minimum absolute atomic E-state index is 0. The van der Waals surface area contributed by atoms with Gasteiger partial charge in [-0.15, -0.1) is 24.8 Å². The Balaban J connectivity index is 0.00000240. The molecule has 2 fully saturated rings. The minimum Gasteiger partial charge on any atom is -0.384 e. The lowest BCUT2D eigenvalue weighted by Gasteiger charge is -2.30. The molecule has 1 aliphatic heterocycles. The Morgan fingerprint density at radius 1 is 1.10 bits per heavy atom. The molecular weight excluding hydrogens is 437 g/mol. The van der Waals surface area contributed by atoms with E-state index in [0.717, 1.165) is 24.8 Å². The van der Waals surface area contributed by atoms with Crippen LogP contribution in [0.25, 0.3) is 0 Å². The molecule has 2 atom stereocenters. The van der Waals surface area contributed by atoms with E-state index in [4.69, 9.17) is 11.1 Å². The van der Waals surface area contributed by atoms with Gasteiger partial charge in [-0.3, -0.25) is 15.0 Å². The van der Waals surface area contributed by atoms with Crippen molar-refractivity contribution < 1.29 is 9.59 Å². The molecule has 1 heterocycles. The van der Waals surface area contributed by atoms with E-state index in [1.54, 1.807) is 17.0 Å². The van der Waals surface area contributed by atoms with Crippen LogP contribution in [0.1, 0.15) is 63.0 Å². The van der Waals surface area contributed by atoms with Crippen LogP contribution >= 0.6 is 24.8 Å². The zero-order chi connectivity index (χ0) is 20.8. The Morgan fingerprint density at radius 2 is 1.74 bits per heavy atom. The Morgan fingerprint density at radius 3 is 2.35 bits per heavy atom. The van der Waals surface area contributed by atoms with Crippen LogP contribution in [-0.2, 0) is 16.1 Å². The summed E-state index contributed by atoms with van der Waals surface area (Å²) in [6.07, 6.45) is 7.55. The molecule has 174 valence electrons. The molecule has 1 aliphatic carbocycles. The lowest BCUT2D eigenvalue weighted by atomic mass is 9.95. The average Bonchev–Trinajstić information content (AvgIpc) is 3.22. The van der Waals surface area contributed by atoms with Crippen LogP contribution in [0, 0.1) is 5.41 Å². The number of hydrogen-bond acceptors (Lipinski definition) is 4. The minimum atomic E-state index is -0.394. The number of benzene rings is 1. The van der Waals surface area contributed by atoms with Crippen molar-refractivity contribution in [2.75, 3.05) is 6.54 Å². The summed E-state index contributed by atoms with van der Waals surface area (Å²) in [6.45, 7) is 2.95. The van der Waals surface area contributed by atoms with Gasteiger partial charge in [0.05, 0.1) is 6.04 Å². The molecule has 7 nitrogen and oxygen atoms in total. The molecule has 0 bridgehead atoms. The molecule has 5 N–H and O–H groups in total. The Labute approximate surface area is 197 Å². The van der Waals surface area contributed by atoms with E-state index in [2.05, 4.69) is 10.6 Å². The molecular formula is C22H35Cl2N5O2. The number of nitrogens with one attached hydrogen (secondary N) is 3. The number of hydrogen-bond donors (Lipinski definition) is 4. The van der Waals surface area contributed by atoms with E-state index in [0.29, 0.717) is 31.1 Å². The Bertz CT molecular complexity index is 738. The summed E-state index contributed by atoms with van der Waals surface area (Å²) < 4.78 is 0. The lowest BCUT2D eigenvalue weighted by Crippen LogP contribution is -2.53. The Hall–Kier alpha value is -1.83. The van der Waals surface area contributed by atoms with Crippen LogP contribution in [0.5, 0.6) is 0 Å². The average molecular weight is 472 g/mol. The predicted molar refractivity (Wildman–Crippen MR) is 128 cm³/mol. The number of amidine groups is 1. The van der Waals surface area contributed by atoms with Gasteiger partial charge in [0.2, 0.25) is 11.8 Å². The van der Waals surface area contributed by atoms with Gasteiger partial charge < -0.3 is 21.3 Å². The van der Waals surface area contributed by atoms with Crippen LogP contribution in [0.2, 0.25) is 0 Å². The summed E-state index contributed by atoms with van der Waals surface area (Å²) in [5.74, 6) is -0.0490. The fraction of sp³-hybridized carbons (Fsp3) is 0.591. The van der Waals surface area contributed by atoms with Gasteiger partial charge in [-0.25, -0.2) is 0 Å². The summed E-state index contributed by atoms with van der Waals surface area (Å²) in [7, 11) is 0. The summed E-state index contributed by atoms with van der Waals surface area (Å²) in [6, 6.07) is 7.01. The molecule has 9 heteroatoms. The van der Waals surface area contributed by atoms with Crippen LogP contribution in [0.3, 0.4) is 0 Å². The number of rotatable bonds is 7. The van der Waals surface area contributed by atoms with E-state index < -0.39 is 6.04 Å². The van der Waals surface area contributed by atoms with Crippen molar-refractivity contribution in [3.05, 3.63) is 35.4 Å². The number of nitrogens with zero attached hydrogens (tertiary/aromatic N) is 1. The molecule has 0 unspecified atom stereocenters. The van der Waals surface area contributed by atoms with Gasteiger partial charge in [0, 0.05) is 24.7 Å². The molecule has 1 aromatic rings. The SMILES string of the molecule is C[C@@H](NC1CCCCC1)C(=O)N1CCC[C@H]1C(=O)NCc1ccc(C(=N)N)cc1.Cl.Cl. The van der Waals surface area contributed by atoms with Crippen molar-refractivity contribution in [2.45, 2.75) is 76.5 Å². The van der Waals surface area contributed by atoms with Crippen molar-refractivity contribution in [1.82, 2.24) is 15.5 Å². The third kappa shape index (κ3) is 7.37. The zero-order valence-electron chi connectivity index (χ0n) is 18.1. The van der Waals surface area contributed by atoms with Crippen LogP contribution < -0.4 is 16.4 Å². The van der Waals surface area contributed by atoms with Gasteiger partial charge >= 0.3 is 0 Å². The number of nitrogens with two attached hydrogens (primary N) is 1. The predicted octanol–water partition coefficient (Wildman–Crippen LogP) is 2.73. The third-order valence-corrected chi connectivity index (χ3v) is 6.03. The topological polar surface area (TPSA) is 111 Å². The quantitative estimate of drug-likeness (QED) is 0.361. The van der Waals surface area contributed by atoms with Crippen molar-refractivity contribution in [1.29, 1.82) is 5.41 Å². The van der Waals surface area contributed by atoms with Crippen molar-refractivity contribution >= 4 is 42.5 Å². The summed E-state index contributed by atoms with van der Waals surface area (Å²) in [4.78, 5) is 27.4. The largest absolute Gasteiger partial charge is 0.384 e. The highest BCUT2D eigenvalue weighted by molar-refractivity contribution is 5.95. The van der Waals surface area contributed by atoms with Crippen molar-refractivity contribution in [3.8, 4) is 0 Å². The monoisotopic (exact) mass is 471 g/mol. The van der Waals surface area contributed by atoms with Crippen molar-refractivity contribution in [3.63, 3.8) is 0 Å². The van der Waals surface area contributed by atoms with Crippen LogP contribution in [-0.4, -0.2) is 47.2 Å². The second-order valence-corrected chi connectivity index (χ2v) is 8.24. The molecule has 1 aromatic carbocycles. The Kier molecular flexibility index (Phi) is 11.3. The number of carbonyl (C=O) groups is 2. The molecule has 1 saturated carbocycles. The highest BCUT2D eigenvalue weighted by atomic mass is 35.5. The van der Waals surface area contributed by atoms with Gasteiger partial charge in [-0.2, -0.15) is 0 Å². The summed E-state index contributed by atoms with van der Waals surface area (Å²) in [5.41, 5.74) is 7.06. The van der Waals surface area contributed by atoms with E-state index >= 15 is 0 Å². The van der Waals surface area contributed by atoms with Gasteiger partial charge in [0.1, 0.15) is 11.9 Å². The maximum Gasteiger partial charge on any atom is 0.243 e. The van der Waals surface area contributed by atoms with Crippen molar-refractivity contribution in [2.24, 2.45) is 5.73 Å². The lowest BCUT2D eigenvalue weighted by molar-refractivity contribution is -0.140. The van der Waals surface area contributed by atoms with E-state index in [1.807, 2.05) is 19.1 Å². The fourth-order valence-electron chi connectivity index (χ4n) is 4.36.